The fourth-order valence-electron chi connectivity index (χ4n) is 2.39. The maximum Gasteiger partial charge on any atom is 0.244 e. The minimum Gasteiger partial charge on any atom is -0.467 e. The number of hydrogen-bond acceptors (Lipinski definition) is 3. The second kappa shape index (κ2) is 3.70. The molecule has 4 nitrogen and oxygen atoms in total. The molecule has 18 heavy (non-hydrogen) atoms. The van der Waals surface area contributed by atoms with Crippen molar-refractivity contribution < 1.29 is 12.8 Å². The van der Waals surface area contributed by atoms with Crippen LogP contribution in [-0.2, 0) is 10.0 Å². The first-order valence-electron chi connectivity index (χ1n) is 5.64. The standard InChI is InChI=1S/C13H13NO3S/c1-9-5-6-12-10(8-9)13(11-4-3-7-17-11)14(2)18(12,15)16/h3-8,13H,1-2H3. The van der Waals surface area contributed by atoms with Crippen LogP contribution >= 0.6 is 0 Å². The summed E-state index contributed by atoms with van der Waals surface area (Å²) in [5.41, 5.74) is 1.82. The molecule has 0 bridgehead atoms. The molecule has 0 aliphatic carbocycles. The summed E-state index contributed by atoms with van der Waals surface area (Å²) in [6, 6.07) is 8.59. The summed E-state index contributed by atoms with van der Waals surface area (Å²) in [6.45, 7) is 1.95. The van der Waals surface area contributed by atoms with E-state index in [0.717, 1.165) is 11.1 Å². The minimum absolute atomic E-state index is 0.361. The van der Waals surface area contributed by atoms with E-state index in [4.69, 9.17) is 4.42 Å². The lowest BCUT2D eigenvalue weighted by Crippen LogP contribution is -2.23. The molecule has 0 spiro atoms. The van der Waals surface area contributed by atoms with E-state index < -0.39 is 10.0 Å². The predicted molar refractivity (Wildman–Crippen MR) is 66.7 cm³/mol. The molecule has 1 atom stereocenters. The summed E-state index contributed by atoms with van der Waals surface area (Å²) >= 11 is 0. The van der Waals surface area contributed by atoms with Crippen LogP contribution in [0.15, 0.2) is 45.9 Å². The lowest BCUT2D eigenvalue weighted by Gasteiger charge is -2.16. The SMILES string of the molecule is Cc1ccc2c(c1)C(c1ccco1)N(C)S2(=O)=O. The second-order valence-corrected chi connectivity index (χ2v) is 6.45. The van der Waals surface area contributed by atoms with Crippen LogP contribution in [0.1, 0.15) is 22.9 Å². The van der Waals surface area contributed by atoms with Gasteiger partial charge in [-0.25, -0.2) is 8.42 Å². The molecule has 0 amide bonds. The van der Waals surface area contributed by atoms with Crippen molar-refractivity contribution >= 4 is 10.0 Å². The molecular weight excluding hydrogens is 250 g/mol. The zero-order valence-electron chi connectivity index (χ0n) is 10.1. The Morgan fingerprint density at radius 3 is 2.72 bits per heavy atom. The molecule has 0 N–H and O–H groups in total. The molecule has 1 unspecified atom stereocenters. The number of fused-ring (bicyclic) bond motifs is 1. The van der Waals surface area contributed by atoms with Gasteiger partial charge in [-0.2, -0.15) is 4.31 Å². The van der Waals surface area contributed by atoms with Gasteiger partial charge in [0.1, 0.15) is 11.8 Å². The number of sulfonamides is 1. The summed E-state index contributed by atoms with van der Waals surface area (Å²) < 4.78 is 31.3. The monoisotopic (exact) mass is 263 g/mol. The topological polar surface area (TPSA) is 50.5 Å². The lowest BCUT2D eigenvalue weighted by atomic mass is 10.0. The van der Waals surface area contributed by atoms with Crippen LogP contribution in [0, 0.1) is 6.92 Å². The quantitative estimate of drug-likeness (QED) is 0.793. The highest BCUT2D eigenvalue weighted by atomic mass is 32.2. The largest absolute Gasteiger partial charge is 0.467 e. The average Bonchev–Trinajstić information content (AvgIpc) is 2.87. The van der Waals surface area contributed by atoms with Crippen LogP contribution < -0.4 is 0 Å². The summed E-state index contributed by atoms with van der Waals surface area (Å²) in [5.74, 6) is 0.644. The van der Waals surface area contributed by atoms with Crippen molar-refractivity contribution in [1.82, 2.24) is 4.31 Å². The smallest absolute Gasteiger partial charge is 0.244 e. The molecule has 1 aliphatic heterocycles. The van der Waals surface area contributed by atoms with Gasteiger partial charge in [-0.1, -0.05) is 17.7 Å². The predicted octanol–water partition coefficient (Wildman–Crippen LogP) is 2.31. The van der Waals surface area contributed by atoms with Gasteiger partial charge >= 0.3 is 0 Å². The van der Waals surface area contributed by atoms with E-state index in [9.17, 15) is 8.42 Å². The van der Waals surface area contributed by atoms with Crippen molar-refractivity contribution in [2.75, 3.05) is 7.05 Å². The Labute approximate surface area is 106 Å². The van der Waals surface area contributed by atoms with E-state index >= 15 is 0 Å². The maximum absolute atomic E-state index is 12.3. The number of nitrogens with zero attached hydrogens (tertiary/aromatic N) is 1. The molecule has 0 fully saturated rings. The van der Waals surface area contributed by atoms with E-state index in [1.165, 1.54) is 4.31 Å². The Morgan fingerprint density at radius 2 is 2.06 bits per heavy atom. The summed E-state index contributed by atoms with van der Waals surface area (Å²) in [7, 11) is -1.82. The zero-order chi connectivity index (χ0) is 12.9. The van der Waals surface area contributed by atoms with Gasteiger partial charge < -0.3 is 4.42 Å². The molecule has 0 saturated carbocycles. The van der Waals surface area contributed by atoms with E-state index in [-0.39, 0.29) is 6.04 Å². The third-order valence-electron chi connectivity index (χ3n) is 3.29. The third kappa shape index (κ3) is 1.44. The Kier molecular flexibility index (Phi) is 2.36. The fraction of sp³-hybridized carbons (Fsp3) is 0.231. The number of benzene rings is 1. The molecule has 0 radical (unpaired) electrons. The van der Waals surface area contributed by atoms with Crippen LogP contribution in [0.5, 0.6) is 0 Å². The molecule has 1 aromatic heterocycles. The van der Waals surface area contributed by atoms with Crippen molar-refractivity contribution in [3.63, 3.8) is 0 Å². The van der Waals surface area contributed by atoms with Gasteiger partial charge in [0.05, 0.1) is 11.2 Å². The molecule has 1 aliphatic rings. The molecular formula is C13H13NO3S. The average molecular weight is 263 g/mol. The normalized spacial score (nSPS) is 22.0. The van der Waals surface area contributed by atoms with Gasteiger partial charge in [0.2, 0.25) is 10.0 Å². The molecule has 1 aromatic carbocycles. The van der Waals surface area contributed by atoms with E-state index in [2.05, 4.69) is 0 Å². The Hall–Kier alpha value is -1.59. The van der Waals surface area contributed by atoms with Crippen LogP contribution in [0.25, 0.3) is 0 Å². The first-order valence-corrected chi connectivity index (χ1v) is 7.08. The third-order valence-corrected chi connectivity index (χ3v) is 5.19. The van der Waals surface area contributed by atoms with E-state index in [1.807, 2.05) is 19.1 Å². The first kappa shape index (κ1) is 11.5. The molecule has 5 heteroatoms. The van der Waals surface area contributed by atoms with Gasteiger partial charge in [-0.05, 0) is 30.7 Å². The molecule has 2 aromatic rings. The highest BCUT2D eigenvalue weighted by Crippen LogP contribution is 2.42. The van der Waals surface area contributed by atoms with Crippen molar-refractivity contribution in [3.05, 3.63) is 53.5 Å². The van der Waals surface area contributed by atoms with Crippen molar-refractivity contribution in [2.24, 2.45) is 0 Å². The Morgan fingerprint density at radius 1 is 1.28 bits per heavy atom. The highest BCUT2D eigenvalue weighted by Gasteiger charge is 2.42. The van der Waals surface area contributed by atoms with E-state index in [0.29, 0.717) is 10.7 Å². The Balaban J connectivity index is 2.28. The van der Waals surface area contributed by atoms with Crippen molar-refractivity contribution in [1.29, 1.82) is 0 Å². The van der Waals surface area contributed by atoms with Crippen LogP contribution in [0.4, 0.5) is 0 Å². The van der Waals surface area contributed by atoms with Gasteiger partial charge in [-0.3, -0.25) is 0 Å². The first-order chi connectivity index (χ1) is 8.51. The van der Waals surface area contributed by atoms with Crippen LogP contribution in [0.3, 0.4) is 0 Å². The molecule has 2 heterocycles. The zero-order valence-corrected chi connectivity index (χ0v) is 10.9. The summed E-state index contributed by atoms with van der Waals surface area (Å²) in [5, 5.41) is 0. The molecule has 94 valence electrons. The van der Waals surface area contributed by atoms with Crippen molar-refractivity contribution in [3.8, 4) is 0 Å². The summed E-state index contributed by atoms with van der Waals surface area (Å²) in [6.07, 6.45) is 1.56. The lowest BCUT2D eigenvalue weighted by molar-refractivity contribution is 0.372. The molecule has 3 rings (SSSR count). The highest BCUT2D eigenvalue weighted by molar-refractivity contribution is 7.89. The second-order valence-electron chi connectivity index (χ2n) is 4.48. The number of aryl methyl sites for hydroxylation is 1. The van der Waals surface area contributed by atoms with Gasteiger partial charge in [0, 0.05) is 7.05 Å². The van der Waals surface area contributed by atoms with Gasteiger partial charge in [-0.15, -0.1) is 0 Å². The van der Waals surface area contributed by atoms with E-state index in [1.54, 1.807) is 31.5 Å². The Bertz CT molecular complexity index is 689. The summed E-state index contributed by atoms with van der Waals surface area (Å²) in [4.78, 5) is 0.372. The number of rotatable bonds is 1. The number of furan rings is 1. The van der Waals surface area contributed by atoms with Crippen molar-refractivity contribution in [2.45, 2.75) is 17.9 Å². The minimum atomic E-state index is -3.40. The number of hydrogen-bond donors (Lipinski definition) is 0. The van der Waals surface area contributed by atoms with Crippen LogP contribution in [0.2, 0.25) is 0 Å². The molecule has 0 saturated heterocycles. The fourth-order valence-corrected chi connectivity index (χ4v) is 3.90. The van der Waals surface area contributed by atoms with Gasteiger partial charge in [0.25, 0.3) is 0 Å². The van der Waals surface area contributed by atoms with Gasteiger partial charge in [0.15, 0.2) is 0 Å². The maximum atomic E-state index is 12.3. The van der Waals surface area contributed by atoms with Crippen LogP contribution in [-0.4, -0.2) is 19.8 Å².